The number of aliphatic carboxylic acids is 1. The first-order valence-corrected chi connectivity index (χ1v) is 3.03. The Morgan fingerprint density at radius 2 is 2.40 bits per heavy atom. The monoisotopic (exact) mass is 143 g/mol. The number of nitrogens with one attached hydrogen (secondary N) is 1. The third-order valence-corrected chi connectivity index (χ3v) is 1.40. The minimum atomic E-state index is -1.02. The Morgan fingerprint density at radius 3 is 2.80 bits per heavy atom. The van der Waals surface area contributed by atoms with E-state index in [9.17, 15) is 4.79 Å². The molecule has 0 aliphatic carbocycles. The van der Waals surface area contributed by atoms with Crippen LogP contribution in [0.5, 0.6) is 0 Å². The molecule has 3 N–H and O–H groups in total. The molecule has 0 radical (unpaired) electrons. The van der Waals surface area contributed by atoms with Crippen molar-refractivity contribution in [3.05, 3.63) is 12.2 Å². The van der Waals surface area contributed by atoms with E-state index in [1.54, 1.807) is 6.08 Å². The quantitative estimate of drug-likeness (QED) is 0.410. The third kappa shape index (κ3) is 1.34. The van der Waals surface area contributed by atoms with Gasteiger partial charge in [-0.05, 0) is 0 Å². The Kier molecular flexibility index (Phi) is 2.03. The van der Waals surface area contributed by atoms with Crippen LogP contribution in [0.2, 0.25) is 0 Å². The number of hydrogen-bond donors (Lipinski definition) is 3. The Hall–Kier alpha value is -0.870. The zero-order chi connectivity index (χ0) is 7.56. The molecule has 4 nitrogen and oxygen atoms in total. The Morgan fingerprint density at radius 1 is 1.70 bits per heavy atom. The summed E-state index contributed by atoms with van der Waals surface area (Å²) in [7, 11) is 0. The average Bonchev–Trinajstić information content (AvgIpc) is 1.88. The molecule has 0 saturated heterocycles. The van der Waals surface area contributed by atoms with Gasteiger partial charge in [-0.2, -0.15) is 0 Å². The normalized spacial score (nSPS) is 32.1. The molecule has 0 spiro atoms. The van der Waals surface area contributed by atoms with Crippen LogP contribution in [0.15, 0.2) is 12.2 Å². The van der Waals surface area contributed by atoms with Crippen LogP contribution in [-0.4, -0.2) is 34.9 Å². The highest BCUT2D eigenvalue weighted by atomic mass is 16.4. The van der Waals surface area contributed by atoms with Crippen molar-refractivity contribution in [2.75, 3.05) is 6.54 Å². The minimum absolute atomic E-state index is 0.508. The summed E-state index contributed by atoms with van der Waals surface area (Å²) in [5, 5.41) is 20.1. The van der Waals surface area contributed by atoms with Crippen molar-refractivity contribution in [3.8, 4) is 0 Å². The zero-order valence-electron chi connectivity index (χ0n) is 5.32. The number of carboxylic acids is 1. The molecule has 2 atom stereocenters. The van der Waals surface area contributed by atoms with Crippen LogP contribution in [0.3, 0.4) is 0 Å². The first-order chi connectivity index (χ1) is 4.72. The molecule has 1 rings (SSSR count). The van der Waals surface area contributed by atoms with Crippen LogP contribution >= 0.6 is 0 Å². The molecule has 0 bridgehead atoms. The van der Waals surface area contributed by atoms with Gasteiger partial charge in [-0.15, -0.1) is 0 Å². The highest BCUT2D eigenvalue weighted by Gasteiger charge is 2.25. The van der Waals surface area contributed by atoms with Gasteiger partial charge >= 0.3 is 5.97 Å². The van der Waals surface area contributed by atoms with Gasteiger partial charge in [-0.1, -0.05) is 12.2 Å². The van der Waals surface area contributed by atoms with E-state index in [1.165, 1.54) is 6.08 Å². The molecule has 1 aliphatic rings. The van der Waals surface area contributed by atoms with E-state index >= 15 is 0 Å². The molecule has 1 heterocycles. The van der Waals surface area contributed by atoms with Gasteiger partial charge in [0.25, 0.3) is 0 Å². The maximum Gasteiger partial charge on any atom is 0.323 e. The molecule has 0 aromatic heterocycles. The Labute approximate surface area is 58.2 Å². The molecule has 56 valence electrons. The van der Waals surface area contributed by atoms with E-state index in [0.29, 0.717) is 6.54 Å². The summed E-state index contributed by atoms with van der Waals surface area (Å²) >= 11 is 0. The number of rotatable bonds is 1. The molecule has 1 aliphatic heterocycles. The molecule has 4 heteroatoms. The van der Waals surface area contributed by atoms with Crippen molar-refractivity contribution in [1.82, 2.24) is 5.32 Å². The summed E-state index contributed by atoms with van der Waals surface area (Å²) in [6.07, 6.45) is 2.28. The van der Waals surface area contributed by atoms with Crippen molar-refractivity contribution >= 4 is 5.97 Å². The second-order valence-electron chi connectivity index (χ2n) is 2.14. The Bertz CT molecular complexity index is 166. The largest absolute Gasteiger partial charge is 0.480 e. The standard InChI is InChI=1S/C6H9NO3/c8-4-2-1-3-7-5(4)6(9)10/h1-2,4-5,7-8H,3H2,(H,9,10)/t4-,5+/m1/s1. The maximum absolute atomic E-state index is 10.3. The summed E-state index contributed by atoms with van der Waals surface area (Å²) in [5.41, 5.74) is 0. The molecule has 0 fully saturated rings. The lowest BCUT2D eigenvalue weighted by Crippen LogP contribution is -2.47. The van der Waals surface area contributed by atoms with Gasteiger partial charge in [0, 0.05) is 6.54 Å². The fourth-order valence-electron chi connectivity index (χ4n) is 0.868. The van der Waals surface area contributed by atoms with E-state index in [-0.39, 0.29) is 0 Å². The van der Waals surface area contributed by atoms with Crippen LogP contribution in [0.4, 0.5) is 0 Å². The summed E-state index contributed by atoms with van der Waals surface area (Å²) in [4.78, 5) is 10.3. The number of carboxylic acid groups (broad SMARTS) is 1. The van der Waals surface area contributed by atoms with Crippen molar-refractivity contribution in [3.63, 3.8) is 0 Å². The topological polar surface area (TPSA) is 69.6 Å². The molecule has 0 unspecified atom stereocenters. The Balaban J connectivity index is 2.60. The lowest BCUT2D eigenvalue weighted by atomic mass is 10.1. The number of carbonyl (C=O) groups is 1. The van der Waals surface area contributed by atoms with E-state index in [1.807, 2.05) is 0 Å². The average molecular weight is 143 g/mol. The van der Waals surface area contributed by atoms with Gasteiger partial charge in [0.2, 0.25) is 0 Å². The summed E-state index contributed by atoms with van der Waals surface area (Å²) < 4.78 is 0. The summed E-state index contributed by atoms with van der Waals surface area (Å²) in [5.74, 6) is -1.02. The van der Waals surface area contributed by atoms with E-state index in [0.717, 1.165) is 0 Å². The van der Waals surface area contributed by atoms with Gasteiger partial charge in [0.05, 0.1) is 6.10 Å². The van der Waals surface area contributed by atoms with Crippen molar-refractivity contribution < 1.29 is 15.0 Å². The van der Waals surface area contributed by atoms with Gasteiger partial charge in [-0.3, -0.25) is 10.1 Å². The molecule has 10 heavy (non-hydrogen) atoms. The van der Waals surface area contributed by atoms with Crippen molar-refractivity contribution in [2.45, 2.75) is 12.1 Å². The number of hydrogen-bond acceptors (Lipinski definition) is 3. The first kappa shape index (κ1) is 7.24. The highest BCUT2D eigenvalue weighted by molar-refractivity contribution is 5.74. The SMILES string of the molecule is O=C(O)[C@H]1NCC=C[C@H]1O. The molecule has 0 amide bonds. The van der Waals surface area contributed by atoms with Crippen LogP contribution in [0.25, 0.3) is 0 Å². The lowest BCUT2D eigenvalue weighted by molar-refractivity contribution is -0.141. The van der Waals surface area contributed by atoms with Crippen LogP contribution in [0, 0.1) is 0 Å². The summed E-state index contributed by atoms with van der Waals surface area (Å²) in [6, 6.07) is -0.843. The molecule has 0 aromatic carbocycles. The highest BCUT2D eigenvalue weighted by Crippen LogP contribution is 2.00. The van der Waals surface area contributed by atoms with Crippen LogP contribution in [-0.2, 0) is 4.79 Å². The maximum atomic E-state index is 10.3. The van der Waals surface area contributed by atoms with Gasteiger partial charge in [-0.25, -0.2) is 0 Å². The van der Waals surface area contributed by atoms with E-state index < -0.39 is 18.1 Å². The molecular weight excluding hydrogens is 134 g/mol. The van der Waals surface area contributed by atoms with Crippen LogP contribution < -0.4 is 5.32 Å². The smallest absolute Gasteiger partial charge is 0.323 e. The number of aliphatic hydroxyl groups is 1. The molecule has 0 aromatic rings. The molecular formula is C6H9NO3. The van der Waals surface area contributed by atoms with E-state index in [4.69, 9.17) is 10.2 Å². The zero-order valence-corrected chi connectivity index (χ0v) is 5.32. The third-order valence-electron chi connectivity index (χ3n) is 1.40. The fourth-order valence-corrected chi connectivity index (χ4v) is 0.868. The van der Waals surface area contributed by atoms with Gasteiger partial charge in [0.1, 0.15) is 6.04 Å². The van der Waals surface area contributed by atoms with Crippen LogP contribution in [0.1, 0.15) is 0 Å². The lowest BCUT2D eigenvalue weighted by Gasteiger charge is -2.20. The van der Waals surface area contributed by atoms with Crippen molar-refractivity contribution in [2.24, 2.45) is 0 Å². The minimum Gasteiger partial charge on any atom is -0.480 e. The second-order valence-corrected chi connectivity index (χ2v) is 2.14. The second kappa shape index (κ2) is 2.81. The first-order valence-electron chi connectivity index (χ1n) is 3.03. The van der Waals surface area contributed by atoms with E-state index in [2.05, 4.69) is 5.32 Å². The molecule has 0 saturated carbocycles. The summed E-state index contributed by atoms with van der Waals surface area (Å²) in [6.45, 7) is 0.508. The van der Waals surface area contributed by atoms with Crippen molar-refractivity contribution in [1.29, 1.82) is 0 Å². The van der Waals surface area contributed by atoms with Gasteiger partial charge in [0.15, 0.2) is 0 Å². The predicted molar refractivity (Wildman–Crippen MR) is 34.6 cm³/mol. The van der Waals surface area contributed by atoms with Gasteiger partial charge < -0.3 is 10.2 Å². The fraction of sp³-hybridized carbons (Fsp3) is 0.500. The predicted octanol–water partition coefficient (Wildman–Crippen LogP) is -1.04. The number of aliphatic hydroxyl groups excluding tert-OH is 1.